The van der Waals surface area contributed by atoms with Crippen LogP contribution in [0.1, 0.15) is 47.8 Å². The molecule has 86 valence electrons. The molecular weight excluding hydrogens is 196 g/mol. The molecule has 0 bridgehead atoms. The molecule has 0 aliphatic rings. The van der Waals surface area contributed by atoms with Gasteiger partial charge in [0.05, 0.1) is 0 Å². The first-order valence-electron chi connectivity index (χ1n) is 5.93. The average molecular weight is 216 g/mol. The van der Waals surface area contributed by atoms with Gasteiger partial charge < -0.3 is 4.42 Å². The molecule has 0 atom stereocenters. The molecular formula is C15H20O. The third-order valence-corrected chi connectivity index (χ3v) is 3.75. The van der Waals surface area contributed by atoms with E-state index in [-0.39, 0.29) is 0 Å². The predicted molar refractivity (Wildman–Crippen MR) is 69.3 cm³/mol. The molecule has 0 aliphatic carbocycles. The molecule has 1 aromatic carbocycles. The fourth-order valence-corrected chi connectivity index (χ4v) is 2.19. The minimum atomic E-state index is 0.451. The first-order valence-corrected chi connectivity index (χ1v) is 5.93. The van der Waals surface area contributed by atoms with Crippen LogP contribution in [0.5, 0.6) is 0 Å². The van der Waals surface area contributed by atoms with E-state index in [1.165, 1.54) is 27.6 Å². The molecule has 0 N–H and O–H groups in total. The summed E-state index contributed by atoms with van der Waals surface area (Å²) in [5.41, 5.74) is 6.46. The number of hydrogen-bond donors (Lipinski definition) is 0. The molecule has 0 unspecified atom stereocenters. The van der Waals surface area contributed by atoms with E-state index < -0.39 is 0 Å². The van der Waals surface area contributed by atoms with E-state index >= 15 is 0 Å². The third kappa shape index (κ3) is 1.46. The van der Waals surface area contributed by atoms with Crippen molar-refractivity contribution in [2.24, 2.45) is 0 Å². The fourth-order valence-electron chi connectivity index (χ4n) is 2.19. The Bertz CT molecular complexity index is 499. The van der Waals surface area contributed by atoms with Gasteiger partial charge in [0.2, 0.25) is 0 Å². The average Bonchev–Trinajstić information content (AvgIpc) is 2.68. The van der Waals surface area contributed by atoms with Gasteiger partial charge in [-0.05, 0) is 56.0 Å². The van der Waals surface area contributed by atoms with Crippen molar-refractivity contribution in [3.05, 3.63) is 34.1 Å². The topological polar surface area (TPSA) is 13.1 Å². The van der Waals surface area contributed by atoms with Crippen LogP contribution in [0.3, 0.4) is 0 Å². The summed E-state index contributed by atoms with van der Waals surface area (Å²) in [7, 11) is 0. The Labute approximate surface area is 97.5 Å². The number of rotatable bonds is 1. The standard InChI is InChI=1S/C15H20O/c1-8(2)14-7-13-11(5)9(3)10(4)12(6)15(13)16-14/h7-8H,1-6H3. The maximum Gasteiger partial charge on any atom is 0.137 e. The van der Waals surface area contributed by atoms with Crippen molar-refractivity contribution in [1.82, 2.24) is 0 Å². The first kappa shape index (κ1) is 11.3. The van der Waals surface area contributed by atoms with Crippen LogP contribution >= 0.6 is 0 Å². The summed E-state index contributed by atoms with van der Waals surface area (Å²) in [6.07, 6.45) is 0. The van der Waals surface area contributed by atoms with Crippen molar-refractivity contribution in [2.45, 2.75) is 47.5 Å². The molecule has 0 amide bonds. The lowest BCUT2D eigenvalue weighted by molar-refractivity contribution is 0.520. The molecule has 1 heteroatoms. The molecule has 0 aliphatic heterocycles. The minimum absolute atomic E-state index is 0.451. The highest BCUT2D eigenvalue weighted by Gasteiger charge is 2.14. The Balaban J connectivity index is 2.86. The maximum atomic E-state index is 5.98. The van der Waals surface area contributed by atoms with Gasteiger partial charge in [0, 0.05) is 11.3 Å². The minimum Gasteiger partial charge on any atom is -0.461 e. The van der Waals surface area contributed by atoms with Crippen LogP contribution in [0.2, 0.25) is 0 Å². The van der Waals surface area contributed by atoms with Crippen LogP contribution in [0.15, 0.2) is 10.5 Å². The van der Waals surface area contributed by atoms with Crippen LogP contribution < -0.4 is 0 Å². The Hall–Kier alpha value is -1.24. The maximum absolute atomic E-state index is 5.98. The van der Waals surface area contributed by atoms with Gasteiger partial charge in [-0.15, -0.1) is 0 Å². The van der Waals surface area contributed by atoms with E-state index in [2.05, 4.69) is 47.6 Å². The van der Waals surface area contributed by atoms with Gasteiger partial charge in [-0.3, -0.25) is 0 Å². The van der Waals surface area contributed by atoms with Crippen molar-refractivity contribution >= 4 is 11.0 Å². The largest absolute Gasteiger partial charge is 0.461 e. The Kier molecular flexibility index (Phi) is 2.57. The van der Waals surface area contributed by atoms with Gasteiger partial charge in [-0.1, -0.05) is 13.8 Å². The van der Waals surface area contributed by atoms with E-state index in [0.29, 0.717) is 5.92 Å². The summed E-state index contributed by atoms with van der Waals surface area (Å²) in [4.78, 5) is 0. The molecule has 1 nitrogen and oxygen atoms in total. The SMILES string of the molecule is Cc1c(C)c(C)c2oc(C(C)C)cc2c1C. The van der Waals surface area contributed by atoms with E-state index in [4.69, 9.17) is 4.42 Å². The fraction of sp³-hybridized carbons (Fsp3) is 0.467. The lowest BCUT2D eigenvalue weighted by Gasteiger charge is -2.09. The van der Waals surface area contributed by atoms with E-state index in [9.17, 15) is 0 Å². The number of benzene rings is 1. The van der Waals surface area contributed by atoms with Gasteiger partial charge in [0.15, 0.2) is 0 Å². The zero-order valence-corrected chi connectivity index (χ0v) is 11.1. The number of hydrogen-bond acceptors (Lipinski definition) is 1. The van der Waals surface area contributed by atoms with Crippen LogP contribution in [-0.2, 0) is 0 Å². The molecule has 0 saturated carbocycles. The second-order valence-electron chi connectivity index (χ2n) is 5.05. The Morgan fingerprint density at radius 2 is 1.44 bits per heavy atom. The Morgan fingerprint density at radius 3 is 2.00 bits per heavy atom. The molecule has 1 heterocycles. The molecule has 0 radical (unpaired) electrons. The quantitative estimate of drug-likeness (QED) is 0.668. The lowest BCUT2D eigenvalue weighted by atomic mass is 9.96. The monoisotopic (exact) mass is 216 g/mol. The summed E-state index contributed by atoms with van der Waals surface area (Å²) in [5, 5.41) is 1.28. The molecule has 2 aromatic rings. The first-order chi connectivity index (χ1) is 7.43. The van der Waals surface area contributed by atoms with Gasteiger partial charge in [-0.2, -0.15) is 0 Å². The summed E-state index contributed by atoms with van der Waals surface area (Å²) in [5.74, 6) is 1.54. The zero-order chi connectivity index (χ0) is 12.0. The van der Waals surface area contributed by atoms with Crippen molar-refractivity contribution in [1.29, 1.82) is 0 Å². The second kappa shape index (κ2) is 3.65. The van der Waals surface area contributed by atoms with E-state index in [1.807, 2.05) is 0 Å². The van der Waals surface area contributed by atoms with Crippen LogP contribution in [0.25, 0.3) is 11.0 Å². The summed E-state index contributed by atoms with van der Waals surface area (Å²) in [6, 6.07) is 2.20. The van der Waals surface area contributed by atoms with Crippen molar-refractivity contribution < 1.29 is 4.42 Å². The molecule has 0 fully saturated rings. The van der Waals surface area contributed by atoms with E-state index in [1.54, 1.807) is 0 Å². The highest BCUT2D eigenvalue weighted by Crippen LogP contribution is 2.33. The second-order valence-corrected chi connectivity index (χ2v) is 5.05. The van der Waals surface area contributed by atoms with Crippen molar-refractivity contribution in [3.63, 3.8) is 0 Å². The number of furan rings is 1. The van der Waals surface area contributed by atoms with Crippen LogP contribution in [-0.4, -0.2) is 0 Å². The predicted octanol–water partition coefficient (Wildman–Crippen LogP) is 4.79. The summed E-state index contributed by atoms with van der Waals surface area (Å²) >= 11 is 0. The van der Waals surface area contributed by atoms with Crippen LogP contribution in [0, 0.1) is 27.7 Å². The van der Waals surface area contributed by atoms with Gasteiger partial charge >= 0.3 is 0 Å². The summed E-state index contributed by atoms with van der Waals surface area (Å²) < 4.78 is 5.98. The molecule has 0 spiro atoms. The number of aryl methyl sites for hydroxylation is 2. The van der Waals surface area contributed by atoms with Crippen molar-refractivity contribution in [3.8, 4) is 0 Å². The molecule has 2 rings (SSSR count). The molecule has 16 heavy (non-hydrogen) atoms. The lowest BCUT2D eigenvalue weighted by Crippen LogP contribution is -1.91. The highest BCUT2D eigenvalue weighted by atomic mass is 16.3. The third-order valence-electron chi connectivity index (χ3n) is 3.75. The number of fused-ring (bicyclic) bond motifs is 1. The van der Waals surface area contributed by atoms with E-state index in [0.717, 1.165) is 11.3 Å². The molecule has 1 aromatic heterocycles. The van der Waals surface area contributed by atoms with Gasteiger partial charge in [0.25, 0.3) is 0 Å². The normalized spacial score (nSPS) is 11.7. The Morgan fingerprint density at radius 1 is 0.875 bits per heavy atom. The molecule has 0 saturated heterocycles. The van der Waals surface area contributed by atoms with Gasteiger partial charge in [0.1, 0.15) is 11.3 Å². The van der Waals surface area contributed by atoms with Gasteiger partial charge in [-0.25, -0.2) is 0 Å². The zero-order valence-electron chi connectivity index (χ0n) is 11.1. The summed E-state index contributed by atoms with van der Waals surface area (Å²) in [6.45, 7) is 13.0. The highest BCUT2D eigenvalue weighted by molar-refractivity contribution is 5.87. The smallest absolute Gasteiger partial charge is 0.137 e. The van der Waals surface area contributed by atoms with Crippen molar-refractivity contribution in [2.75, 3.05) is 0 Å². The van der Waals surface area contributed by atoms with Crippen LogP contribution in [0.4, 0.5) is 0 Å².